The molecule has 244 valence electrons. The highest BCUT2D eigenvalue weighted by atomic mass is 16.3. The van der Waals surface area contributed by atoms with Crippen LogP contribution in [0.3, 0.4) is 0 Å². The average Bonchev–Trinajstić information content (AvgIpc) is 3.61. The molecule has 0 fully saturated rings. The van der Waals surface area contributed by atoms with E-state index in [1.54, 1.807) is 0 Å². The second-order valence-electron chi connectivity index (χ2n) is 13.3. The van der Waals surface area contributed by atoms with E-state index in [9.17, 15) is 0 Å². The summed E-state index contributed by atoms with van der Waals surface area (Å²) < 4.78 is 6.18. The molecule has 0 aliphatic heterocycles. The summed E-state index contributed by atoms with van der Waals surface area (Å²) in [6.07, 6.45) is 0. The number of para-hydroxylation sites is 2. The van der Waals surface area contributed by atoms with Crippen LogP contribution in [0.5, 0.6) is 0 Å². The summed E-state index contributed by atoms with van der Waals surface area (Å²) in [5.74, 6) is 0. The summed E-state index contributed by atoms with van der Waals surface area (Å²) in [6.45, 7) is 0. The van der Waals surface area contributed by atoms with E-state index in [1.807, 2.05) is 12.1 Å². The minimum atomic E-state index is 0.908. The fourth-order valence-electron chi connectivity index (χ4n) is 7.77. The first-order chi connectivity index (χ1) is 25.8. The molecular formula is C50H33NO. The first-order valence-corrected chi connectivity index (χ1v) is 17.8. The first kappa shape index (κ1) is 30.0. The van der Waals surface area contributed by atoms with Crippen LogP contribution >= 0.6 is 0 Å². The number of nitrogens with zero attached hydrogens (tertiary/aromatic N) is 1. The Labute approximate surface area is 302 Å². The van der Waals surface area contributed by atoms with E-state index in [0.717, 1.165) is 44.6 Å². The Balaban J connectivity index is 0.969. The van der Waals surface area contributed by atoms with Crippen LogP contribution in [0.4, 0.5) is 17.1 Å². The molecule has 0 spiro atoms. The van der Waals surface area contributed by atoms with Crippen molar-refractivity contribution in [2.45, 2.75) is 0 Å². The second-order valence-corrected chi connectivity index (χ2v) is 13.3. The SMILES string of the molecule is c1ccc(N(c2ccc(-c3ccc(-c4cccc5c4ccc4ccccc45)cc3)cc2)c2ccc(-c3cccc4oc5ccccc5c34)cc2)cc1. The van der Waals surface area contributed by atoms with E-state index in [0.29, 0.717) is 0 Å². The third-order valence-corrected chi connectivity index (χ3v) is 10.3. The van der Waals surface area contributed by atoms with E-state index in [4.69, 9.17) is 4.42 Å². The Morgan fingerprint density at radius 1 is 0.288 bits per heavy atom. The maximum absolute atomic E-state index is 6.18. The molecule has 1 heterocycles. The van der Waals surface area contributed by atoms with Crippen LogP contribution in [0.2, 0.25) is 0 Å². The third kappa shape index (κ3) is 5.12. The zero-order valence-electron chi connectivity index (χ0n) is 28.4. The summed E-state index contributed by atoms with van der Waals surface area (Å²) >= 11 is 0. The molecule has 0 saturated carbocycles. The lowest BCUT2D eigenvalue weighted by atomic mass is 9.93. The van der Waals surface area contributed by atoms with Crippen LogP contribution < -0.4 is 4.90 Å². The lowest BCUT2D eigenvalue weighted by Gasteiger charge is -2.26. The monoisotopic (exact) mass is 663 g/mol. The van der Waals surface area contributed by atoms with Gasteiger partial charge in [-0.2, -0.15) is 0 Å². The molecule has 0 amide bonds. The molecule has 10 rings (SSSR count). The molecule has 0 unspecified atom stereocenters. The molecular weight excluding hydrogens is 631 g/mol. The third-order valence-electron chi connectivity index (χ3n) is 10.3. The van der Waals surface area contributed by atoms with E-state index in [2.05, 4.69) is 193 Å². The fraction of sp³-hybridized carbons (Fsp3) is 0. The maximum Gasteiger partial charge on any atom is 0.136 e. The Morgan fingerprint density at radius 2 is 0.808 bits per heavy atom. The quantitative estimate of drug-likeness (QED) is 0.165. The van der Waals surface area contributed by atoms with Crippen molar-refractivity contribution in [1.82, 2.24) is 0 Å². The van der Waals surface area contributed by atoms with Crippen molar-refractivity contribution in [3.05, 3.63) is 200 Å². The van der Waals surface area contributed by atoms with Crippen LogP contribution in [0, 0.1) is 0 Å². The Hall–Kier alpha value is -6.90. The minimum absolute atomic E-state index is 0.908. The predicted molar refractivity (Wildman–Crippen MR) is 220 cm³/mol. The van der Waals surface area contributed by atoms with Gasteiger partial charge in [0.1, 0.15) is 11.2 Å². The van der Waals surface area contributed by atoms with E-state index < -0.39 is 0 Å². The first-order valence-electron chi connectivity index (χ1n) is 17.8. The molecule has 9 aromatic carbocycles. The van der Waals surface area contributed by atoms with Crippen molar-refractivity contribution in [2.75, 3.05) is 4.90 Å². The van der Waals surface area contributed by atoms with Gasteiger partial charge in [-0.3, -0.25) is 0 Å². The highest BCUT2D eigenvalue weighted by molar-refractivity contribution is 6.13. The van der Waals surface area contributed by atoms with Crippen molar-refractivity contribution in [3.8, 4) is 33.4 Å². The number of anilines is 3. The van der Waals surface area contributed by atoms with Crippen LogP contribution in [0.25, 0.3) is 76.9 Å². The van der Waals surface area contributed by atoms with E-state index >= 15 is 0 Å². The Kier molecular flexibility index (Phi) is 7.18. The van der Waals surface area contributed by atoms with Crippen molar-refractivity contribution >= 4 is 60.5 Å². The molecule has 10 aromatic rings. The van der Waals surface area contributed by atoms with Gasteiger partial charge in [0.15, 0.2) is 0 Å². The normalized spacial score (nSPS) is 11.5. The van der Waals surface area contributed by atoms with Crippen molar-refractivity contribution in [1.29, 1.82) is 0 Å². The highest BCUT2D eigenvalue weighted by Gasteiger charge is 2.16. The maximum atomic E-state index is 6.18. The zero-order valence-corrected chi connectivity index (χ0v) is 28.4. The molecule has 2 nitrogen and oxygen atoms in total. The minimum Gasteiger partial charge on any atom is -0.456 e. The standard InChI is InChI=1S/C50H33NO/c1-2-11-39(12-3-1)51(41-31-26-38(27-32-41)44-16-9-19-49-50(44)47-14-6-7-18-48(47)52-49)40-29-24-35(25-30-40)34-20-22-37(23-21-34)43-15-8-17-45-42-13-5-4-10-36(42)28-33-46(43)45/h1-33H. The van der Waals surface area contributed by atoms with Crippen LogP contribution in [-0.2, 0) is 0 Å². The lowest BCUT2D eigenvalue weighted by Crippen LogP contribution is -2.09. The zero-order chi connectivity index (χ0) is 34.4. The largest absolute Gasteiger partial charge is 0.456 e. The Bertz CT molecular complexity index is 2870. The fourth-order valence-corrected chi connectivity index (χ4v) is 7.77. The number of hydrogen-bond donors (Lipinski definition) is 0. The van der Waals surface area contributed by atoms with Crippen LogP contribution in [0.1, 0.15) is 0 Å². The van der Waals surface area contributed by atoms with Gasteiger partial charge in [-0.25, -0.2) is 0 Å². The average molecular weight is 664 g/mol. The van der Waals surface area contributed by atoms with Gasteiger partial charge in [0.05, 0.1) is 0 Å². The Morgan fingerprint density at radius 3 is 1.58 bits per heavy atom. The van der Waals surface area contributed by atoms with Gasteiger partial charge in [0, 0.05) is 27.8 Å². The molecule has 0 atom stereocenters. The van der Waals surface area contributed by atoms with Crippen molar-refractivity contribution < 1.29 is 4.42 Å². The van der Waals surface area contributed by atoms with E-state index in [-0.39, 0.29) is 0 Å². The highest BCUT2D eigenvalue weighted by Crippen LogP contribution is 2.40. The molecule has 1 aromatic heterocycles. The lowest BCUT2D eigenvalue weighted by molar-refractivity contribution is 0.669. The molecule has 0 radical (unpaired) electrons. The summed E-state index contributed by atoms with van der Waals surface area (Å²) in [4.78, 5) is 2.31. The molecule has 0 bridgehead atoms. The van der Waals surface area contributed by atoms with Crippen LogP contribution in [0.15, 0.2) is 205 Å². The molecule has 0 aliphatic carbocycles. The number of hydrogen-bond acceptors (Lipinski definition) is 2. The molecule has 0 aliphatic rings. The number of fused-ring (bicyclic) bond motifs is 6. The summed E-state index contributed by atoms with van der Waals surface area (Å²) in [6, 6.07) is 71.6. The van der Waals surface area contributed by atoms with E-state index in [1.165, 1.54) is 49.4 Å². The van der Waals surface area contributed by atoms with Gasteiger partial charge in [0.25, 0.3) is 0 Å². The molecule has 0 saturated heterocycles. The number of furan rings is 1. The van der Waals surface area contributed by atoms with Gasteiger partial charge in [-0.05, 0) is 103 Å². The van der Waals surface area contributed by atoms with Gasteiger partial charge in [-0.15, -0.1) is 0 Å². The van der Waals surface area contributed by atoms with Crippen LogP contribution in [-0.4, -0.2) is 0 Å². The van der Waals surface area contributed by atoms with Gasteiger partial charge < -0.3 is 9.32 Å². The van der Waals surface area contributed by atoms with Gasteiger partial charge in [-0.1, -0.05) is 152 Å². The second kappa shape index (κ2) is 12.5. The smallest absolute Gasteiger partial charge is 0.136 e. The molecule has 52 heavy (non-hydrogen) atoms. The van der Waals surface area contributed by atoms with Gasteiger partial charge in [0.2, 0.25) is 0 Å². The topological polar surface area (TPSA) is 16.4 Å². The predicted octanol–water partition coefficient (Wildman–Crippen LogP) is 14.4. The summed E-state index contributed by atoms with van der Waals surface area (Å²) in [5, 5.41) is 7.42. The number of benzene rings is 9. The van der Waals surface area contributed by atoms with Crippen molar-refractivity contribution in [3.63, 3.8) is 0 Å². The summed E-state index contributed by atoms with van der Waals surface area (Å²) in [5.41, 5.74) is 12.3. The molecule has 2 heteroatoms. The molecule has 0 N–H and O–H groups in total. The number of rotatable bonds is 6. The summed E-state index contributed by atoms with van der Waals surface area (Å²) in [7, 11) is 0. The van der Waals surface area contributed by atoms with Gasteiger partial charge >= 0.3 is 0 Å². The van der Waals surface area contributed by atoms with Crippen molar-refractivity contribution in [2.24, 2.45) is 0 Å².